The molecule has 2 N–H and O–H groups in total. The number of anilines is 1. The average molecular weight is 225 g/mol. The predicted molar refractivity (Wildman–Crippen MR) is 62.5 cm³/mol. The zero-order valence-corrected chi connectivity index (χ0v) is 10.0. The van der Waals surface area contributed by atoms with E-state index in [1.807, 2.05) is 13.8 Å². The molecule has 0 aliphatic carbocycles. The lowest BCUT2D eigenvalue weighted by Crippen LogP contribution is -2.29. The van der Waals surface area contributed by atoms with E-state index in [1.165, 1.54) is 0 Å². The number of nitrogens with one attached hydrogen (secondary N) is 2. The van der Waals surface area contributed by atoms with Crippen LogP contribution in [0.2, 0.25) is 0 Å². The third kappa shape index (κ3) is 3.92. The van der Waals surface area contributed by atoms with E-state index in [9.17, 15) is 4.79 Å². The van der Waals surface area contributed by atoms with Crippen molar-refractivity contribution in [3.8, 4) is 0 Å². The summed E-state index contributed by atoms with van der Waals surface area (Å²) >= 11 is 0. The van der Waals surface area contributed by atoms with Gasteiger partial charge in [-0.15, -0.1) is 0 Å². The maximum Gasteiger partial charge on any atom is 0.320 e. The predicted octanol–water partition coefficient (Wildman–Crippen LogP) is 2.72. The number of nitrogens with zero attached hydrogens (tertiary/aromatic N) is 1. The zero-order valence-electron chi connectivity index (χ0n) is 10.0. The minimum atomic E-state index is -0.239. The Balaban J connectivity index is 2.37. The molecule has 1 aromatic heterocycles. The lowest BCUT2D eigenvalue weighted by Gasteiger charge is -2.03. The molecule has 1 aromatic rings. The number of hydrogen-bond donors (Lipinski definition) is 2. The molecule has 2 amide bonds. The van der Waals surface area contributed by atoms with Crippen LogP contribution in [0.25, 0.3) is 0 Å². The van der Waals surface area contributed by atoms with Crippen molar-refractivity contribution in [2.75, 3.05) is 11.9 Å². The second-order valence-electron chi connectivity index (χ2n) is 4.00. The summed E-state index contributed by atoms with van der Waals surface area (Å²) in [5, 5.41) is 9.12. The minimum Gasteiger partial charge on any atom is -0.359 e. The molecule has 0 aliphatic rings. The third-order valence-electron chi connectivity index (χ3n) is 2.15. The monoisotopic (exact) mass is 225 g/mol. The molecular formula is C11H19N3O2. The molecule has 0 bridgehead atoms. The molecule has 5 heteroatoms. The van der Waals surface area contributed by atoms with Gasteiger partial charge in [-0.2, -0.15) is 0 Å². The first kappa shape index (κ1) is 12.5. The number of aromatic nitrogens is 1. The van der Waals surface area contributed by atoms with Crippen molar-refractivity contribution >= 4 is 11.8 Å². The number of carbonyl (C=O) groups is 1. The summed E-state index contributed by atoms with van der Waals surface area (Å²) in [5.41, 5.74) is 0. The van der Waals surface area contributed by atoms with Gasteiger partial charge < -0.3 is 9.84 Å². The summed E-state index contributed by atoms with van der Waals surface area (Å²) < 4.78 is 5.06. The molecule has 1 heterocycles. The van der Waals surface area contributed by atoms with Crippen molar-refractivity contribution in [3.05, 3.63) is 11.8 Å². The maximum absolute atomic E-state index is 11.4. The van der Waals surface area contributed by atoms with Crippen LogP contribution in [0.1, 0.15) is 45.3 Å². The normalized spacial score (nSPS) is 10.5. The van der Waals surface area contributed by atoms with Crippen LogP contribution in [-0.4, -0.2) is 17.7 Å². The Morgan fingerprint density at radius 3 is 2.88 bits per heavy atom. The van der Waals surface area contributed by atoms with Crippen LogP contribution in [0, 0.1) is 0 Å². The largest absolute Gasteiger partial charge is 0.359 e. The van der Waals surface area contributed by atoms with Gasteiger partial charge in [-0.25, -0.2) is 4.79 Å². The van der Waals surface area contributed by atoms with Gasteiger partial charge in [0.2, 0.25) is 0 Å². The van der Waals surface area contributed by atoms with Crippen molar-refractivity contribution < 1.29 is 9.32 Å². The topological polar surface area (TPSA) is 67.2 Å². The Hall–Kier alpha value is -1.52. The van der Waals surface area contributed by atoms with Gasteiger partial charge in [0, 0.05) is 18.5 Å². The highest BCUT2D eigenvalue weighted by molar-refractivity contribution is 5.88. The van der Waals surface area contributed by atoms with E-state index in [0.29, 0.717) is 12.4 Å². The van der Waals surface area contributed by atoms with Crippen molar-refractivity contribution in [2.45, 2.75) is 39.5 Å². The molecule has 0 aliphatic heterocycles. The van der Waals surface area contributed by atoms with Crippen LogP contribution < -0.4 is 10.6 Å². The van der Waals surface area contributed by atoms with Crippen LogP contribution >= 0.6 is 0 Å². The van der Waals surface area contributed by atoms with E-state index in [4.69, 9.17) is 4.52 Å². The van der Waals surface area contributed by atoms with Crippen molar-refractivity contribution in [3.63, 3.8) is 0 Å². The van der Waals surface area contributed by atoms with Gasteiger partial charge in [-0.1, -0.05) is 32.3 Å². The van der Waals surface area contributed by atoms with Gasteiger partial charge in [-0.05, 0) is 6.42 Å². The van der Waals surface area contributed by atoms with Crippen molar-refractivity contribution in [2.24, 2.45) is 0 Å². The molecule has 0 saturated heterocycles. The molecule has 0 radical (unpaired) electrons. The van der Waals surface area contributed by atoms with E-state index in [1.54, 1.807) is 6.07 Å². The van der Waals surface area contributed by atoms with E-state index in [-0.39, 0.29) is 11.9 Å². The third-order valence-corrected chi connectivity index (χ3v) is 2.15. The van der Waals surface area contributed by atoms with E-state index >= 15 is 0 Å². The summed E-state index contributed by atoms with van der Waals surface area (Å²) in [6.07, 6.45) is 2.03. The molecule has 1 rings (SSSR count). The SMILES string of the molecule is CCCCNC(=O)Nc1cc(C(C)C)on1. The van der Waals surface area contributed by atoms with Crippen molar-refractivity contribution in [1.29, 1.82) is 0 Å². The molecule has 0 saturated carbocycles. The number of hydrogen-bond acceptors (Lipinski definition) is 3. The highest BCUT2D eigenvalue weighted by Gasteiger charge is 2.09. The van der Waals surface area contributed by atoms with Gasteiger partial charge in [0.15, 0.2) is 5.82 Å². The smallest absolute Gasteiger partial charge is 0.320 e. The molecule has 0 fully saturated rings. The highest BCUT2D eigenvalue weighted by Crippen LogP contribution is 2.17. The Bertz CT molecular complexity index is 334. The second-order valence-corrected chi connectivity index (χ2v) is 4.00. The van der Waals surface area contributed by atoms with Crippen molar-refractivity contribution in [1.82, 2.24) is 10.5 Å². The molecule has 0 aromatic carbocycles. The quantitative estimate of drug-likeness (QED) is 0.757. The first-order valence-corrected chi connectivity index (χ1v) is 5.65. The molecule has 0 atom stereocenters. The Morgan fingerprint density at radius 2 is 2.31 bits per heavy atom. The Kier molecular flexibility index (Phi) is 4.82. The van der Waals surface area contributed by atoms with E-state index in [2.05, 4.69) is 22.7 Å². The van der Waals surface area contributed by atoms with E-state index in [0.717, 1.165) is 18.6 Å². The molecule has 5 nitrogen and oxygen atoms in total. The van der Waals surface area contributed by atoms with Gasteiger partial charge >= 0.3 is 6.03 Å². The average Bonchev–Trinajstić information content (AvgIpc) is 2.66. The number of urea groups is 1. The fourth-order valence-corrected chi connectivity index (χ4v) is 1.16. The fraction of sp³-hybridized carbons (Fsp3) is 0.636. The van der Waals surface area contributed by atoms with E-state index < -0.39 is 0 Å². The summed E-state index contributed by atoms with van der Waals surface area (Å²) in [6, 6.07) is 1.50. The van der Waals surface area contributed by atoms with Gasteiger partial charge in [0.05, 0.1) is 0 Å². The number of amides is 2. The second kappa shape index (κ2) is 6.15. The maximum atomic E-state index is 11.4. The zero-order chi connectivity index (χ0) is 12.0. The minimum absolute atomic E-state index is 0.239. The van der Waals surface area contributed by atoms with Gasteiger partial charge in [0.25, 0.3) is 0 Å². The lowest BCUT2D eigenvalue weighted by molar-refractivity contribution is 0.251. The number of carbonyl (C=O) groups excluding carboxylic acids is 1. The van der Waals surface area contributed by atoms with Crippen LogP contribution in [0.4, 0.5) is 10.6 Å². The summed E-state index contributed by atoms with van der Waals surface area (Å²) in [7, 11) is 0. The Labute approximate surface area is 95.6 Å². The molecule has 16 heavy (non-hydrogen) atoms. The van der Waals surface area contributed by atoms with Crippen LogP contribution in [0.3, 0.4) is 0 Å². The molecule has 0 unspecified atom stereocenters. The van der Waals surface area contributed by atoms with Gasteiger partial charge in [0.1, 0.15) is 5.76 Å². The molecular weight excluding hydrogens is 206 g/mol. The summed E-state index contributed by atoms with van der Waals surface area (Å²) in [5.74, 6) is 1.49. The molecule has 0 spiro atoms. The van der Waals surface area contributed by atoms with Crippen LogP contribution in [0.15, 0.2) is 10.6 Å². The first-order valence-electron chi connectivity index (χ1n) is 5.65. The lowest BCUT2D eigenvalue weighted by atomic mass is 10.2. The molecule has 90 valence electrons. The summed E-state index contributed by atoms with van der Waals surface area (Å²) in [6.45, 7) is 6.76. The number of unbranched alkanes of at least 4 members (excludes halogenated alkanes) is 1. The standard InChI is InChI=1S/C11H19N3O2/c1-4-5-6-12-11(15)13-10-7-9(8(2)3)16-14-10/h7-8H,4-6H2,1-3H3,(H2,12,13,14,15). The first-order chi connectivity index (χ1) is 7.63. The summed E-state index contributed by atoms with van der Waals surface area (Å²) in [4.78, 5) is 11.4. The van der Waals surface area contributed by atoms with Crippen LogP contribution in [0.5, 0.6) is 0 Å². The number of rotatable bonds is 5. The van der Waals surface area contributed by atoms with Gasteiger partial charge in [-0.3, -0.25) is 5.32 Å². The Morgan fingerprint density at radius 1 is 1.56 bits per heavy atom. The highest BCUT2D eigenvalue weighted by atomic mass is 16.5. The fourth-order valence-electron chi connectivity index (χ4n) is 1.16. The van der Waals surface area contributed by atoms with Crippen LogP contribution in [-0.2, 0) is 0 Å².